The lowest BCUT2D eigenvalue weighted by Gasteiger charge is -2.31. The Kier molecular flexibility index (Phi) is 5.60. The molecule has 8 heteroatoms. The number of amidine groups is 1. The summed E-state index contributed by atoms with van der Waals surface area (Å²) in [6, 6.07) is 5.99. The summed E-state index contributed by atoms with van der Waals surface area (Å²) in [6.07, 6.45) is 1.84. The van der Waals surface area contributed by atoms with Crippen molar-refractivity contribution >= 4 is 45.9 Å². The Bertz CT molecular complexity index is 979. The topological polar surface area (TPSA) is 68.3 Å². The number of Topliss-reactive ketones (excluding diaryl/α,β-unsaturated/α-hetero) is 1. The second-order valence-electron chi connectivity index (χ2n) is 6.44. The van der Waals surface area contributed by atoms with Crippen LogP contribution >= 0.6 is 35.0 Å². The molecule has 0 bridgehead atoms. The largest absolute Gasteiger partial charge is 0.378 e. The molecule has 1 aliphatic rings. The molecule has 0 unspecified atom stereocenters. The minimum atomic E-state index is -0.869. The highest BCUT2D eigenvalue weighted by atomic mass is 35.5. The molecule has 140 valence electrons. The smallest absolute Gasteiger partial charge is 0.187 e. The standard InChI is InChI=1S/C19H16Cl2FN3OS/c1-10-8-19(2,25-18(23)27-10)13-5-11(3-4-15(13)22)6-16(26)17-14(21)7-12(20)9-24-17/h3-5,7,9H,1,6,8H2,2H3,(H2,23,25)/t19-/m0/s1. The maximum Gasteiger partial charge on any atom is 0.187 e. The van der Waals surface area contributed by atoms with Crippen molar-refractivity contribution in [3.05, 3.63) is 74.6 Å². The van der Waals surface area contributed by atoms with Crippen molar-refractivity contribution in [1.82, 2.24) is 4.98 Å². The van der Waals surface area contributed by atoms with Gasteiger partial charge in [0.1, 0.15) is 11.5 Å². The fourth-order valence-corrected chi connectivity index (χ4v) is 4.39. The van der Waals surface area contributed by atoms with Crippen LogP contribution in [0.15, 0.2) is 46.9 Å². The van der Waals surface area contributed by atoms with Gasteiger partial charge < -0.3 is 5.73 Å². The van der Waals surface area contributed by atoms with E-state index < -0.39 is 11.4 Å². The van der Waals surface area contributed by atoms with E-state index in [1.54, 1.807) is 19.1 Å². The van der Waals surface area contributed by atoms with Gasteiger partial charge in [-0.3, -0.25) is 9.79 Å². The lowest BCUT2D eigenvalue weighted by atomic mass is 9.87. The molecule has 0 spiro atoms. The Hall–Kier alpha value is -1.89. The van der Waals surface area contributed by atoms with Crippen LogP contribution in [0.1, 0.15) is 35.0 Å². The molecule has 0 saturated carbocycles. The molecule has 0 aliphatic carbocycles. The number of thioether (sulfide) groups is 1. The number of aliphatic imine (C=N–C) groups is 1. The number of benzene rings is 1. The third-order valence-corrected chi connectivity index (χ3v) is 5.42. The Labute approximate surface area is 170 Å². The summed E-state index contributed by atoms with van der Waals surface area (Å²) in [4.78, 5) is 21.8. The maximum absolute atomic E-state index is 14.5. The van der Waals surface area contributed by atoms with E-state index in [1.807, 2.05) is 0 Å². The van der Waals surface area contributed by atoms with E-state index in [0.29, 0.717) is 27.7 Å². The van der Waals surface area contributed by atoms with Crippen LogP contribution in [0, 0.1) is 5.82 Å². The number of carbonyl (C=O) groups excluding carboxylic acids is 1. The van der Waals surface area contributed by atoms with Crippen LogP contribution in [0.5, 0.6) is 0 Å². The van der Waals surface area contributed by atoms with E-state index in [-0.39, 0.29) is 22.9 Å². The maximum atomic E-state index is 14.5. The molecule has 0 radical (unpaired) electrons. The molecule has 1 aliphatic heterocycles. The average molecular weight is 424 g/mol. The number of rotatable bonds is 4. The second kappa shape index (κ2) is 7.62. The highest BCUT2D eigenvalue weighted by molar-refractivity contribution is 8.17. The minimum absolute atomic E-state index is 0.0204. The van der Waals surface area contributed by atoms with Crippen molar-refractivity contribution in [1.29, 1.82) is 0 Å². The lowest BCUT2D eigenvalue weighted by molar-refractivity contribution is 0.0988. The molecule has 27 heavy (non-hydrogen) atoms. The quantitative estimate of drug-likeness (QED) is 0.691. The van der Waals surface area contributed by atoms with E-state index in [1.165, 1.54) is 30.1 Å². The molecule has 3 rings (SSSR count). The van der Waals surface area contributed by atoms with E-state index in [0.717, 1.165) is 4.91 Å². The Morgan fingerprint density at radius 2 is 2.15 bits per heavy atom. The molecule has 0 saturated heterocycles. The summed E-state index contributed by atoms with van der Waals surface area (Å²) in [5, 5.41) is 0.867. The molecule has 2 heterocycles. The Balaban J connectivity index is 1.93. The van der Waals surface area contributed by atoms with Crippen LogP contribution in [-0.2, 0) is 12.0 Å². The summed E-state index contributed by atoms with van der Waals surface area (Å²) in [7, 11) is 0. The van der Waals surface area contributed by atoms with E-state index in [4.69, 9.17) is 28.9 Å². The molecule has 0 fully saturated rings. The highest BCUT2D eigenvalue weighted by Gasteiger charge is 2.34. The van der Waals surface area contributed by atoms with Crippen molar-refractivity contribution in [3.63, 3.8) is 0 Å². The zero-order valence-electron chi connectivity index (χ0n) is 14.4. The highest BCUT2D eigenvalue weighted by Crippen LogP contribution is 2.41. The predicted molar refractivity (Wildman–Crippen MR) is 109 cm³/mol. The van der Waals surface area contributed by atoms with Crippen LogP contribution in [0.3, 0.4) is 0 Å². The molecule has 1 aromatic carbocycles. The minimum Gasteiger partial charge on any atom is -0.378 e. The van der Waals surface area contributed by atoms with Crippen LogP contribution in [0.25, 0.3) is 0 Å². The normalized spacial score (nSPS) is 19.7. The molecule has 1 atom stereocenters. The van der Waals surface area contributed by atoms with Crippen molar-refractivity contribution in [2.45, 2.75) is 25.3 Å². The SMILES string of the molecule is C=C1C[C@@](C)(c2cc(CC(=O)c3ncc(Cl)cc3Cl)ccc2F)N=C(N)S1. The van der Waals surface area contributed by atoms with Gasteiger partial charge in [0.15, 0.2) is 11.0 Å². The summed E-state index contributed by atoms with van der Waals surface area (Å²) >= 11 is 13.1. The zero-order chi connectivity index (χ0) is 19.8. The number of hydrogen-bond acceptors (Lipinski definition) is 5. The number of carbonyl (C=O) groups is 1. The fraction of sp³-hybridized carbons (Fsp3) is 0.211. The van der Waals surface area contributed by atoms with Gasteiger partial charge in [-0.2, -0.15) is 0 Å². The summed E-state index contributed by atoms with van der Waals surface area (Å²) in [6.45, 7) is 5.73. The van der Waals surface area contributed by atoms with Gasteiger partial charge in [0, 0.05) is 24.6 Å². The van der Waals surface area contributed by atoms with Crippen molar-refractivity contribution in [3.8, 4) is 0 Å². The zero-order valence-corrected chi connectivity index (χ0v) is 16.8. The van der Waals surface area contributed by atoms with Crippen molar-refractivity contribution in [2.24, 2.45) is 10.7 Å². The average Bonchev–Trinajstić information content (AvgIpc) is 2.55. The van der Waals surface area contributed by atoms with E-state index in [9.17, 15) is 9.18 Å². The van der Waals surface area contributed by atoms with Gasteiger partial charge in [-0.25, -0.2) is 9.37 Å². The number of pyridine rings is 1. The number of halogens is 3. The van der Waals surface area contributed by atoms with Crippen LogP contribution in [-0.4, -0.2) is 15.9 Å². The van der Waals surface area contributed by atoms with Gasteiger partial charge >= 0.3 is 0 Å². The molecular weight excluding hydrogens is 408 g/mol. The van der Waals surface area contributed by atoms with Crippen LogP contribution in [0.2, 0.25) is 10.0 Å². The Morgan fingerprint density at radius 3 is 2.81 bits per heavy atom. The monoisotopic (exact) mass is 423 g/mol. The molecule has 1 aromatic heterocycles. The van der Waals surface area contributed by atoms with Gasteiger partial charge in [0.25, 0.3) is 0 Å². The summed E-state index contributed by atoms with van der Waals surface area (Å²) in [5.41, 5.74) is 6.11. The Morgan fingerprint density at radius 1 is 1.41 bits per heavy atom. The first-order chi connectivity index (χ1) is 12.7. The summed E-state index contributed by atoms with van der Waals surface area (Å²) in [5.74, 6) is -0.696. The van der Waals surface area contributed by atoms with E-state index >= 15 is 0 Å². The first-order valence-corrected chi connectivity index (χ1v) is 9.59. The van der Waals surface area contributed by atoms with E-state index in [2.05, 4.69) is 16.6 Å². The van der Waals surface area contributed by atoms with Crippen molar-refractivity contribution < 1.29 is 9.18 Å². The number of nitrogens with zero attached hydrogens (tertiary/aromatic N) is 2. The molecule has 2 aromatic rings. The van der Waals surface area contributed by atoms with Crippen LogP contribution < -0.4 is 5.73 Å². The number of hydrogen-bond donors (Lipinski definition) is 1. The summed E-state index contributed by atoms with van der Waals surface area (Å²) < 4.78 is 14.5. The number of ketones is 1. The molecule has 2 N–H and O–H groups in total. The van der Waals surface area contributed by atoms with Gasteiger partial charge in [-0.05, 0) is 35.6 Å². The van der Waals surface area contributed by atoms with Gasteiger partial charge in [0.05, 0.1) is 15.6 Å². The number of aromatic nitrogens is 1. The first-order valence-electron chi connectivity index (χ1n) is 8.02. The molecular formula is C19H16Cl2FN3OS. The third-order valence-electron chi connectivity index (χ3n) is 4.19. The van der Waals surface area contributed by atoms with Crippen molar-refractivity contribution in [2.75, 3.05) is 0 Å². The predicted octanol–water partition coefficient (Wildman–Crippen LogP) is 5.13. The molecule has 4 nitrogen and oxygen atoms in total. The molecule has 0 amide bonds. The second-order valence-corrected chi connectivity index (χ2v) is 8.48. The number of nitrogens with two attached hydrogens (primary N) is 1. The van der Waals surface area contributed by atoms with Gasteiger partial charge in [0.2, 0.25) is 0 Å². The van der Waals surface area contributed by atoms with Gasteiger partial charge in [-0.1, -0.05) is 47.6 Å². The third kappa shape index (κ3) is 4.34. The lowest BCUT2D eigenvalue weighted by Crippen LogP contribution is -2.29. The van der Waals surface area contributed by atoms with Gasteiger partial charge in [-0.15, -0.1) is 0 Å². The first kappa shape index (κ1) is 19.9. The fourth-order valence-electron chi connectivity index (χ4n) is 3.01. The van der Waals surface area contributed by atoms with Crippen LogP contribution in [0.4, 0.5) is 4.39 Å².